The Morgan fingerprint density at radius 2 is 1.30 bits per heavy atom. The summed E-state index contributed by atoms with van der Waals surface area (Å²) in [4.78, 5) is 0. The van der Waals surface area contributed by atoms with E-state index in [0.717, 1.165) is 13.0 Å². The molecular formula is C27H30FeNP-6. The second kappa shape index (κ2) is 13.4. The summed E-state index contributed by atoms with van der Waals surface area (Å²) in [5, 5.41) is 7.94. The van der Waals surface area contributed by atoms with E-state index < -0.39 is 7.92 Å². The summed E-state index contributed by atoms with van der Waals surface area (Å²) < 4.78 is 0. The van der Waals surface area contributed by atoms with Crippen molar-refractivity contribution in [2.45, 2.75) is 26.3 Å². The summed E-state index contributed by atoms with van der Waals surface area (Å²) in [5.41, 5.74) is 1.43. The van der Waals surface area contributed by atoms with Gasteiger partial charge in [0.2, 0.25) is 0 Å². The first kappa shape index (κ1) is 24.3. The number of rotatable bonds is 7. The van der Waals surface area contributed by atoms with E-state index in [2.05, 4.69) is 98.0 Å². The van der Waals surface area contributed by atoms with Crippen LogP contribution in [0, 0.1) is 0 Å². The van der Waals surface area contributed by atoms with Gasteiger partial charge < -0.3 is 35.6 Å². The topological polar surface area (TPSA) is 12.0 Å². The van der Waals surface area contributed by atoms with Crippen molar-refractivity contribution in [1.82, 2.24) is 5.32 Å². The van der Waals surface area contributed by atoms with E-state index >= 15 is 0 Å². The molecule has 0 fully saturated rings. The van der Waals surface area contributed by atoms with Crippen LogP contribution in [-0.2, 0) is 17.1 Å². The van der Waals surface area contributed by atoms with Crippen LogP contribution in [0.2, 0.25) is 0 Å². The fourth-order valence-corrected chi connectivity index (χ4v) is 5.92. The fourth-order valence-electron chi connectivity index (χ4n) is 3.37. The first-order valence-corrected chi connectivity index (χ1v) is 11.7. The summed E-state index contributed by atoms with van der Waals surface area (Å²) >= 11 is 0. The van der Waals surface area contributed by atoms with Crippen LogP contribution in [0.4, 0.5) is 0 Å². The van der Waals surface area contributed by atoms with E-state index in [0.29, 0.717) is 6.04 Å². The predicted molar refractivity (Wildman–Crippen MR) is 129 cm³/mol. The molecule has 1 nitrogen and oxygen atoms in total. The zero-order valence-electron chi connectivity index (χ0n) is 17.7. The Morgan fingerprint density at radius 1 is 0.800 bits per heavy atom. The zero-order chi connectivity index (χ0) is 20.3. The van der Waals surface area contributed by atoms with Crippen LogP contribution in [0.25, 0.3) is 0 Å². The number of hydrogen-bond acceptors (Lipinski definition) is 1. The maximum Gasteiger partial charge on any atom is 0 e. The van der Waals surface area contributed by atoms with Gasteiger partial charge in [-0.25, -0.2) is 12.1 Å². The Kier molecular flexibility index (Phi) is 10.8. The van der Waals surface area contributed by atoms with Crippen LogP contribution in [0.3, 0.4) is 0 Å². The van der Waals surface area contributed by atoms with E-state index in [1.807, 2.05) is 30.3 Å². The average molecular weight is 455 g/mol. The minimum atomic E-state index is -0.517. The van der Waals surface area contributed by atoms with Gasteiger partial charge >= 0.3 is 0 Å². The van der Waals surface area contributed by atoms with Gasteiger partial charge in [0.05, 0.1) is 0 Å². The van der Waals surface area contributed by atoms with Gasteiger partial charge in [0, 0.05) is 17.1 Å². The molecule has 0 aromatic heterocycles. The predicted octanol–water partition coefficient (Wildman–Crippen LogP) is 5.63. The molecule has 4 aromatic carbocycles. The van der Waals surface area contributed by atoms with Crippen LogP contribution < -0.4 is 21.2 Å². The van der Waals surface area contributed by atoms with Gasteiger partial charge in [-0.3, -0.25) is 0 Å². The number of benzene rings is 2. The molecule has 4 aromatic rings. The Morgan fingerprint density at radius 3 is 1.77 bits per heavy atom. The van der Waals surface area contributed by atoms with Crippen LogP contribution in [0.5, 0.6) is 0 Å². The van der Waals surface area contributed by atoms with Crippen molar-refractivity contribution in [3.8, 4) is 0 Å². The van der Waals surface area contributed by atoms with E-state index in [1.165, 1.54) is 21.5 Å². The molecule has 1 atom stereocenters. The molecule has 0 aliphatic carbocycles. The summed E-state index contributed by atoms with van der Waals surface area (Å²) in [6.45, 7) is 5.55. The van der Waals surface area contributed by atoms with Crippen molar-refractivity contribution in [1.29, 1.82) is 0 Å². The maximum atomic E-state index is 3.64. The molecule has 0 spiro atoms. The van der Waals surface area contributed by atoms with Crippen LogP contribution in [0.1, 0.15) is 31.9 Å². The van der Waals surface area contributed by atoms with E-state index in [1.54, 1.807) is 0 Å². The standard InChI is InChI=1S/C22H25NP.C5H5.Fe/c1-3-17-23-18(2)21-15-10-16-22(21)24(19-11-6-4-7-12-19)20-13-8-5-9-14-20;1-2-4-5-3-1;/h4-16,18,23H,3,17H2,1-2H3;1-5H;/q-1;-5;/t18-;;/m1../s1. The number of hydrogen-bond donors (Lipinski definition) is 1. The molecule has 0 saturated heterocycles. The van der Waals surface area contributed by atoms with Crippen molar-refractivity contribution < 1.29 is 17.1 Å². The Balaban J connectivity index is 0.000000468. The third-order valence-corrected chi connectivity index (χ3v) is 7.34. The molecule has 0 bridgehead atoms. The molecule has 3 heteroatoms. The molecule has 162 valence electrons. The van der Waals surface area contributed by atoms with E-state index in [4.69, 9.17) is 0 Å². The monoisotopic (exact) mass is 455 g/mol. The van der Waals surface area contributed by atoms with Gasteiger partial charge in [0.1, 0.15) is 0 Å². The van der Waals surface area contributed by atoms with Crippen LogP contribution in [0.15, 0.2) is 109 Å². The minimum absolute atomic E-state index is 0. The van der Waals surface area contributed by atoms with Gasteiger partial charge in [-0.1, -0.05) is 74.5 Å². The summed E-state index contributed by atoms with van der Waals surface area (Å²) in [6.07, 6.45) is 1.16. The molecule has 0 aliphatic rings. The first-order valence-electron chi connectivity index (χ1n) is 10.4. The van der Waals surface area contributed by atoms with Gasteiger partial charge in [-0.05, 0) is 37.5 Å². The van der Waals surface area contributed by atoms with Crippen molar-refractivity contribution in [2.75, 3.05) is 6.54 Å². The summed E-state index contributed by atoms with van der Waals surface area (Å²) in [7, 11) is -0.517. The van der Waals surface area contributed by atoms with Crippen molar-refractivity contribution in [3.63, 3.8) is 0 Å². The summed E-state index contributed by atoms with van der Waals surface area (Å²) in [5.74, 6) is 0. The van der Waals surface area contributed by atoms with Gasteiger partial charge in [0.25, 0.3) is 0 Å². The number of nitrogens with one attached hydrogen (secondary N) is 1. The molecule has 4 rings (SSSR count). The second-order valence-electron chi connectivity index (χ2n) is 7.01. The van der Waals surface area contributed by atoms with Gasteiger partial charge in [0.15, 0.2) is 0 Å². The molecule has 0 aliphatic heterocycles. The Hall–Kier alpha value is -1.95. The zero-order valence-corrected chi connectivity index (χ0v) is 19.7. The average Bonchev–Trinajstić information content (AvgIpc) is 3.49. The van der Waals surface area contributed by atoms with Crippen LogP contribution in [-0.4, -0.2) is 6.54 Å². The minimum Gasteiger partial charge on any atom is -0.748 e. The third kappa shape index (κ3) is 6.79. The molecule has 30 heavy (non-hydrogen) atoms. The van der Waals surface area contributed by atoms with Crippen molar-refractivity contribution >= 4 is 23.8 Å². The SMILES string of the molecule is CCCN[C@H](C)[c-]1cccc1P(c1ccccc1)c1ccccc1.[Fe].[cH-]1[cH-][cH-][cH-][cH-]1. The molecule has 0 unspecified atom stereocenters. The van der Waals surface area contributed by atoms with Gasteiger partial charge in [-0.15, -0.1) is 10.9 Å². The van der Waals surface area contributed by atoms with Gasteiger partial charge in [-0.2, -0.15) is 6.07 Å². The Bertz CT molecular complexity index is 859. The first-order chi connectivity index (χ1) is 14.3. The van der Waals surface area contributed by atoms with E-state index in [-0.39, 0.29) is 17.1 Å². The fraction of sp³-hybridized carbons (Fsp3) is 0.185. The maximum absolute atomic E-state index is 3.64. The smallest absolute Gasteiger partial charge is 0 e. The molecule has 0 saturated carbocycles. The van der Waals surface area contributed by atoms with Crippen LogP contribution >= 0.6 is 7.92 Å². The summed E-state index contributed by atoms with van der Waals surface area (Å²) in [6, 6.07) is 39.0. The Labute approximate surface area is 193 Å². The normalized spacial score (nSPS) is 11.3. The van der Waals surface area contributed by atoms with Crippen molar-refractivity contribution in [3.05, 3.63) is 115 Å². The van der Waals surface area contributed by atoms with Crippen molar-refractivity contribution in [2.24, 2.45) is 0 Å². The quantitative estimate of drug-likeness (QED) is 0.217. The molecule has 0 amide bonds. The second-order valence-corrected chi connectivity index (χ2v) is 9.20. The molecular weight excluding hydrogens is 425 g/mol. The molecule has 0 radical (unpaired) electrons. The third-order valence-electron chi connectivity index (χ3n) is 4.82. The molecule has 1 N–H and O–H groups in total. The molecule has 0 heterocycles. The largest absolute Gasteiger partial charge is 0.748 e. The van der Waals surface area contributed by atoms with E-state index in [9.17, 15) is 0 Å².